The molecule has 0 saturated carbocycles. The Morgan fingerprint density at radius 2 is 1.10 bits per heavy atom. The summed E-state index contributed by atoms with van der Waals surface area (Å²) in [5.41, 5.74) is 9.92. The molecule has 8 rings (SSSR count). The van der Waals surface area contributed by atoms with Crippen LogP contribution in [-0.4, -0.2) is 4.57 Å². The van der Waals surface area contributed by atoms with Gasteiger partial charge in [0, 0.05) is 32.3 Å². The van der Waals surface area contributed by atoms with Crippen molar-refractivity contribution in [3.05, 3.63) is 138 Å². The van der Waals surface area contributed by atoms with Gasteiger partial charge in [-0.3, -0.25) is 0 Å². The Morgan fingerprint density at radius 3 is 1.95 bits per heavy atom. The first-order chi connectivity index (χ1) is 19.2. The van der Waals surface area contributed by atoms with Crippen molar-refractivity contribution in [2.75, 3.05) is 0 Å². The van der Waals surface area contributed by atoms with E-state index in [-0.39, 0.29) is 0 Å². The van der Waals surface area contributed by atoms with Crippen molar-refractivity contribution in [1.29, 1.82) is 0 Å². The molecular formula is C36H22ClNO. The quantitative estimate of drug-likeness (QED) is 0.227. The lowest BCUT2D eigenvalue weighted by Crippen LogP contribution is -1.93. The van der Waals surface area contributed by atoms with Crippen molar-refractivity contribution in [2.24, 2.45) is 0 Å². The van der Waals surface area contributed by atoms with E-state index in [9.17, 15) is 0 Å². The SMILES string of the molecule is Clc1ccc2c3cc(-c4ccc5oc6ccccc6c5c4)ccc3n(-c3ccc(-c4ccccc4)cc3)c2c1. The molecule has 2 heterocycles. The number of para-hydroxylation sites is 1. The third-order valence-electron chi connectivity index (χ3n) is 7.67. The molecule has 0 spiro atoms. The molecule has 3 heteroatoms. The second-order valence-corrected chi connectivity index (χ2v) is 10.4. The number of hydrogen-bond acceptors (Lipinski definition) is 1. The fourth-order valence-corrected chi connectivity index (χ4v) is 5.96. The highest BCUT2D eigenvalue weighted by Crippen LogP contribution is 2.38. The Morgan fingerprint density at radius 1 is 0.436 bits per heavy atom. The molecular weight excluding hydrogens is 498 g/mol. The average Bonchev–Trinajstić information content (AvgIpc) is 3.52. The van der Waals surface area contributed by atoms with Gasteiger partial charge >= 0.3 is 0 Å². The molecule has 0 aliphatic carbocycles. The maximum atomic E-state index is 6.51. The Kier molecular flexibility index (Phi) is 4.91. The van der Waals surface area contributed by atoms with Gasteiger partial charge in [-0.2, -0.15) is 0 Å². The van der Waals surface area contributed by atoms with Crippen molar-refractivity contribution in [2.45, 2.75) is 0 Å². The zero-order chi connectivity index (χ0) is 25.9. The summed E-state index contributed by atoms with van der Waals surface area (Å²) in [6, 6.07) is 46.8. The molecule has 0 fully saturated rings. The number of benzene rings is 6. The molecule has 39 heavy (non-hydrogen) atoms. The minimum Gasteiger partial charge on any atom is -0.456 e. The first-order valence-corrected chi connectivity index (χ1v) is 13.4. The molecule has 0 bridgehead atoms. The highest BCUT2D eigenvalue weighted by Gasteiger charge is 2.15. The zero-order valence-electron chi connectivity index (χ0n) is 20.9. The van der Waals surface area contributed by atoms with Crippen LogP contribution >= 0.6 is 11.6 Å². The highest BCUT2D eigenvalue weighted by atomic mass is 35.5. The van der Waals surface area contributed by atoms with Crippen LogP contribution in [0.2, 0.25) is 5.02 Å². The fourth-order valence-electron chi connectivity index (χ4n) is 5.79. The highest BCUT2D eigenvalue weighted by molar-refractivity contribution is 6.31. The van der Waals surface area contributed by atoms with Gasteiger partial charge in [0.1, 0.15) is 11.2 Å². The molecule has 0 saturated heterocycles. The standard InChI is InChI=1S/C36H22ClNO/c37-27-14-17-29-31-20-25(26-13-19-36-32(21-26)30-8-4-5-9-35(30)39-36)12-18-33(31)38(34(29)22-27)28-15-10-24(11-16-28)23-6-2-1-3-7-23/h1-22H. The molecule has 2 aromatic heterocycles. The summed E-state index contributed by atoms with van der Waals surface area (Å²) in [5.74, 6) is 0. The summed E-state index contributed by atoms with van der Waals surface area (Å²) in [5, 5.41) is 5.38. The number of nitrogens with zero attached hydrogens (tertiary/aromatic N) is 1. The molecule has 0 amide bonds. The molecule has 0 unspecified atom stereocenters. The number of halogens is 1. The van der Waals surface area contributed by atoms with Crippen molar-refractivity contribution in [3.63, 3.8) is 0 Å². The maximum absolute atomic E-state index is 6.51. The maximum Gasteiger partial charge on any atom is 0.135 e. The van der Waals surface area contributed by atoms with Crippen LogP contribution in [0.5, 0.6) is 0 Å². The van der Waals surface area contributed by atoms with Crippen molar-refractivity contribution < 1.29 is 4.42 Å². The van der Waals surface area contributed by atoms with E-state index in [4.69, 9.17) is 16.0 Å². The summed E-state index contributed by atoms with van der Waals surface area (Å²) in [6.07, 6.45) is 0. The molecule has 0 aliphatic rings. The summed E-state index contributed by atoms with van der Waals surface area (Å²) in [6.45, 7) is 0. The van der Waals surface area contributed by atoms with Gasteiger partial charge in [0.15, 0.2) is 0 Å². The second-order valence-electron chi connectivity index (χ2n) is 9.95. The third kappa shape index (κ3) is 3.57. The molecule has 184 valence electrons. The van der Waals surface area contributed by atoms with E-state index in [0.29, 0.717) is 0 Å². The molecule has 0 N–H and O–H groups in total. The number of rotatable bonds is 3. The molecule has 0 atom stereocenters. The predicted octanol–water partition coefficient (Wildman–Crippen LogP) is 10.7. The molecule has 6 aromatic carbocycles. The first-order valence-electron chi connectivity index (χ1n) is 13.0. The lowest BCUT2D eigenvalue weighted by Gasteiger charge is -2.10. The lowest BCUT2D eigenvalue weighted by molar-refractivity contribution is 0.669. The topological polar surface area (TPSA) is 18.1 Å². The normalized spacial score (nSPS) is 11.7. The zero-order valence-corrected chi connectivity index (χ0v) is 21.7. The van der Waals surface area contributed by atoms with Gasteiger partial charge < -0.3 is 8.98 Å². The van der Waals surface area contributed by atoms with Crippen LogP contribution in [0.25, 0.3) is 71.7 Å². The van der Waals surface area contributed by atoms with Gasteiger partial charge in [-0.1, -0.05) is 90.5 Å². The van der Waals surface area contributed by atoms with Gasteiger partial charge in [0.05, 0.1) is 11.0 Å². The van der Waals surface area contributed by atoms with Crippen LogP contribution in [0.3, 0.4) is 0 Å². The van der Waals surface area contributed by atoms with E-state index < -0.39 is 0 Å². The van der Waals surface area contributed by atoms with Gasteiger partial charge in [-0.05, 0) is 76.9 Å². The summed E-state index contributed by atoms with van der Waals surface area (Å²) in [4.78, 5) is 0. The van der Waals surface area contributed by atoms with Crippen molar-refractivity contribution in [1.82, 2.24) is 4.57 Å². The van der Waals surface area contributed by atoms with Crippen LogP contribution in [0.4, 0.5) is 0 Å². The largest absolute Gasteiger partial charge is 0.456 e. The van der Waals surface area contributed by atoms with Crippen LogP contribution in [0, 0.1) is 0 Å². The van der Waals surface area contributed by atoms with Crippen LogP contribution in [-0.2, 0) is 0 Å². The van der Waals surface area contributed by atoms with Crippen molar-refractivity contribution >= 4 is 55.3 Å². The predicted molar refractivity (Wildman–Crippen MR) is 164 cm³/mol. The first kappa shape index (κ1) is 22.2. The van der Waals surface area contributed by atoms with E-state index >= 15 is 0 Å². The number of aromatic nitrogens is 1. The monoisotopic (exact) mass is 519 g/mol. The Balaban J connectivity index is 1.31. The minimum atomic E-state index is 0.727. The summed E-state index contributed by atoms with van der Waals surface area (Å²) < 4.78 is 8.36. The van der Waals surface area contributed by atoms with Gasteiger partial charge in [-0.15, -0.1) is 0 Å². The number of furan rings is 1. The van der Waals surface area contributed by atoms with E-state index in [2.05, 4.69) is 114 Å². The lowest BCUT2D eigenvalue weighted by atomic mass is 10.0. The fraction of sp³-hybridized carbons (Fsp3) is 0. The smallest absolute Gasteiger partial charge is 0.135 e. The van der Waals surface area contributed by atoms with E-state index in [1.54, 1.807) is 0 Å². The second kappa shape index (κ2) is 8.62. The van der Waals surface area contributed by atoms with Gasteiger partial charge in [-0.25, -0.2) is 0 Å². The number of hydrogen-bond donors (Lipinski definition) is 0. The van der Waals surface area contributed by atoms with E-state index in [0.717, 1.165) is 49.2 Å². The van der Waals surface area contributed by atoms with Crippen LogP contribution < -0.4 is 0 Å². The number of fused-ring (bicyclic) bond motifs is 6. The molecule has 8 aromatic rings. The Bertz CT molecular complexity index is 2170. The molecule has 0 aliphatic heterocycles. The third-order valence-corrected chi connectivity index (χ3v) is 7.91. The van der Waals surface area contributed by atoms with Crippen LogP contribution in [0.1, 0.15) is 0 Å². The van der Waals surface area contributed by atoms with E-state index in [1.165, 1.54) is 27.5 Å². The van der Waals surface area contributed by atoms with Crippen molar-refractivity contribution in [3.8, 4) is 27.9 Å². The summed E-state index contributed by atoms with van der Waals surface area (Å²) in [7, 11) is 0. The molecule has 0 radical (unpaired) electrons. The van der Waals surface area contributed by atoms with E-state index in [1.807, 2.05) is 24.3 Å². The van der Waals surface area contributed by atoms with Gasteiger partial charge in [0.2, 0.25) is 0 Å². The molecule has 2 nitrogen and oxygen atoms in total. The Labute approximate surface area is 230 Å². The minimum absolute atomic E-state index is 0.727. The van der Waals surface area contributed by atoms with Gasteiger partial charge in [0.25, 0.3) is 0 Å². The Hall–Kier alpha value is -4.79. The van der Waals surface area contributed by atoms with Crippen LogP contribution in [0.15, 0.2) is 138 Å². The average molecular weight is 520 g/mol. The summed E-state index contributed by atoms with van der Waals surface area (Å²) >= 11 is 6.51.